The van der Waals surface area contributed by atoms with Crippen LogP contribution in [0.4, 0.5) is 0 Å². The van der Waals surface area contributed by atoms with Crippen molar-refractivity contribution in [2.75, 3.05) is 13.2 Å². The standard InChI is InChI=1S/C25H26O6/c26-13-19(27)20(28)14-30-15-8-9-16-18(12-15)25(10-4-1-5-11-25)24-22(23(16)29)17-6-2-3-7-21(17)31-24/h2-3,6-9,12,19-20,26-28H,1,4-5,10-11,13-14H2/t19-,20-/m1/s1. The van der Waals surface area contributed by atoms with E-state index in [1.165, 1.54) is 0 Å². The summed E-state index contributed by atoms with van der Waals surface area (Å²) < 4.78 is 12.0. The first kappa shape index (κ1) is 20.2. The molecular formula is C25H26O6. The van der Waals surface area contributed by atoms with E-state index in [9.17, 15) is 15.0 Å². The van der Waals surface area contributed by atoms with Crippen LogP contribution >= 0.6 is 0 Å². The van der Waals surface area contributed by atoms with Crippen molar-refractivity contribution in [3.05, 3.63) is 64.9 Å². The summed E-state index contributed by atoms with van der Waals surface area (Å²) in [6.07, 6.45) is 2.59. The molecule has 1 aromatic heterocycles. The first-order valence-electron chi connectivity index (χ1n) is 10.9. The van der Waals surface area contributed by atoms with Crippen molar-refractivity contribution in [3.8, 4) is 5.75 Å². The lowest BCUT2D eigenvalue weighted by Gasteiger charge is -2.40. The highest BCUT2D eigenvalue weighted by Crippen LogP contribution is 2.53. The van der Waals surface area contributed by atoms with E-state index in [4.69, 9.17) is 14.3 Å². The van der Waals surface area contributed by atoms with E-state index in [1.807, 2.05) is 30.3 Å². The number of benzene rings is 2. The predicted octanol–water partition coefficient (Wildman–Crippen LogP) is 3.32. The van der Waals surface area contributed by atoms with Gasteiger partial charge in [0.2, 0.25) is 0 Å². The predicted molar refractivity (Wildman–Crippen MR) is 115 cm³/mol. The summed E-state index contributed by atoms with van der Waals surface area (Å²) >= 11 is 0. The third kappa shape index (κ3) is 3.17. The monoisotopic (exact) mass is 422 g/mol. The van der Waals surface area contributed by atoms with Crippen molar-refractivity contribution in [2.45, 2.75) is 49.7 Å². The summed E-state index contributed by atoms with van der Waals surface area (Å²) in [4.78, 5) is 13.5. The number of aliphatic hydroxyl groups is 3. The van der Waals surface area contributed by atoms with Crippen LogP contribution in [0.5, 0.6) is 5.75 Å². The van der Waals surface area contributed by atoms with Crippen LogP contribution in [0.3, 0.4) is 0 Å². The average molecular weight is 422 g/mol. The zero-order valence-corrected chi connectivity index (χ0v) is 17.2. The summed E-state index contributed by atoms with van der Waals surface area (Å²) in [5.74, 6) is 1.24. The smallest absolute Gasteiger partial charge is 0.197 e. The van der Waals surface area contributed by atoms with Gasteiger partial charge in [-0.05, 0) is 42.7 Å². The molecule has 0 radical (unpaired) electrons. The molecule has 2 aromatic carbocycles. The van der Waals surface area contributed by atoms with Crippen LogP contribution in [0.15, 0.2) is 46.9 Å². The zero-order chi connectivity index (χ0) is 21.6. The second kappa shape index (κ2) is 7.79. The molecule has 31 heavy (non-hydrogen) atoms. The van der Waals surface area contributed by atoms with Crippen LogP contribution < -0.4 is 4.74 Å². The van der Waals surface area contributed by atoms with Crippen LogP contribution in [0.25, 0.3) is 11.0 Å². The van der Waals surface area contributed by atoms with Gasteiger partial charge in [0.1, 0.15) is 35.9 Å². The number of aliphatic hydroxyl groups excluding tert-OH is 3. The van der Waals surface area contributed by atoms with Crippen LogP contribution in [-0.2, 0) is 5.41 Å². The molecule has 0 unspecified atom stereocenters. The first-order valence-corrected chi connectivity index (χ1v) is 10.9. The van der Waals surface area contributed by atoms with E-state index in [0.717, 1.165) is 54.4 Å². The lowest BCUT2D eigenvalue weighted by Crippen LogP contribution is -2.37. The summed E-state index contributed by atoms with van der Waals surface area (Å²) in [6.45, 7) is -0.696. The highest BCUT2D eigenvalue weighted by Gasteiger charge is 2.48. The number of ketones is 1. The molecule has 3 aromatic rings. The molecule has 2 aliphatic carbocycles. The highest BCUT2D eigenvalue weighted by atomic mass is 16.5. The van der Waals surface area contributed by atoms with E-state index in [1.54, 1.807) is 12.1 Å². The van der Waals surface area contributed by atoms with Crippen molar-refractivity contribution in [1.29, 1.82) is 0 Å². The maximum absolute atomic E-state index is 13.5. The Kier molecular flexibility index (Phi) is 5.08. The van der Waals surface area contributed by atoms with Gasteiger partial charge in [0, 0.05) is 10.9 Å². The minimum Gasteiger partial charge on any atom is -0.491 e. The summed E-state index contributed by atoms with van der Waals surface area (Å²) in [6, 6.07) is 13.1. The third-order valence-corrected chi connectivity index (χ3v) is 6.77. The van der Waals surface area contributed by atoms with Gasteiger partial charge in [0.05, 0.1) is 17.6 Å². The molecule has 2 aliphatic rings. The lowest BCUT2D eigenvalue weighted by atomic mass is 9.62. The SMILES string of the molecule is O=C1c2ccc(OC[C@@H](O)[C@H](O)CO)cc2C2(CCCCC2)c2oc3ccccc3c21. The lowest BCUT2D eigenvalue weighted by molar-refractivity contribution is -0.0339. The number of furan rings is 1. The second-order valence-electron chi connectivity index (χ2n) is 8.61. The molecule has 0 amide bonds. The van der Waals surface area contributed by atoms with Crippen LogP contribution in [-0.4, -0.2) is 46.5 Å². The quantitative estimate of drug-likeness (QED) is 0.583. The van der Waals surface area contributed by atoms with Crippen molar-refractivity contribution in [2.24, 2.45) is 0 Å². The van der Waals surface area contributed by atoms with Gasteiger partial charge in [-0.15, -0.1) is 0 Å². The Hall–Kier alpha value is -2.67. The van der Waals surface area contributed by atoms with Crippen LogP contribution in [0, 0.1) is 0 Å². The molecule has 6 heteroatoms. The zero-order valence-electron chi connectivity index (χ0n) is 17.2. The number of carbonyl (C=O) groups is 1. The van der Waals surface area contributed by atoms with E-state index >= 15 is 0 Å². The molecule has 2 atom stereocenters. The molecule has 0 bridgehead atoms. The molecule has 0 aliphatic heterocycles. The Morgan fingerprint density at radius 2 is 1.81 bits per heavy atom. The minimum absolute atomic E-state index is 0.0339. The average Bonchev–Trinajstić information content (AvgIpc) is 3.22. The summed E-state index contributed by atoms with van der Waals surface area (Å²) in [5.41, 5.74) is 2.62. The molecule has 1 spiro atoms. The van der Waals surface area contributed by atoms with Gasteiger partial charge in [-0.3, -0.25) is 4.79 Å². The van der Waals surface area contributed by atoms with Gasteiger partial charge < -0.3 is 24.5 Å². The molecular weight excluding hydrogens is 396 g/mol. The molecule has 0 saturated heterocycles. The Labute approximate surface area is 180 Å². The second-order valence-corrected chi connectivity index (χ2v) is 8.61. The van der Waals surface area contributed by atoms with E-state index < -0.39 is 18.8 Å². The van der Waals surface area contributed by atoms with Crippen molar-refractivity contribution in [3.63, 3.8) is 0 Å². The summed E-state index contributed by atoms with van der Waals surface area (Å²) in [5, 5.41) is 29.3. The van der Waals surface area contributed by atoms with Crippen molar-refractivity contribution >= 4 is 16.8 Å². The molecule has 1 heterocycles. The Bertz CT molecular complexity index is 1120. The van der Waals surface area contributed by atoms with Gasteiger partial charge in [-0.2, -0.15) is 0 Å². The number of para-hydroxylation sites is 1. The number of fused-ring (bicyclic) bond motifs is 6. The highest BCUT2D eigenvalue weighted by molar-refractivity contribution is 6.19. The molecule has 162 valence electrons. The Balaban J connectivity index is 1.60. The van der Waals surface area contributed by atoms with E-state index in [0.29, 0.717) is 16.9 Å². The van der Waals surface area contributed by atoms with Crippen LogP contribution in [0.2, 0.25) is 0 Å². The number of ether oxygens (including phenoxy) is 1. The largest absolute Gasteiger partial charge is 0.491 e. The minimum atomic E-state index is -1.26. The fourth-order valence-corrected chi connectivity index (χ4v) is 5.14. The molecule has 3 N–H and O–H groups in total. The third-order valence-electron chi connectivity index (χ3n) is 6.77. The van der Waals surface area contributed by atoms with Gasteiger partial charge in [0.15, 0.2) is 5.78 Å². The molecule has 1 fully saturated rings. The fraction of sp³-hybridized carbons (Fsp3) is 0.400. The molecule has 6 nitrogen and oxygen atoms in total. The molecule has 5 rings (SSSR count). The van der Waals surface area contributed by atoms with Crippen LogP contribution in [0.1, 0.15) is 59.3 Å². The van der Waals surface area contributed by atoms with Gasteiger partial charge in [-0.25, -0.2) is 0 Å². The number of hydrogen-bond donors (Lipinski definition) is 3. The normalized spacial score (nSPS) is 19.1. The number of rotatable bonds is 5. The van der Waals surface area contributed by atoms with Gasteiger partial charge >= 0.3 is 0 Å². The Morgan fingerprint density at radius 1 is 1.03 bits per heavy atom. The maximum atomic E-state index is 13.5. The van der Waals surface area contributed by atoms with E-state index in [2.05, 4.69) is 0 Å². The first-order chi connectivity index (χ1) is 15.0. The van der Waals surface area contributed by atoms with Crippen molar-refractivity contribution in [1.82, 2.24) is 0 Å². The van der Waals surface area contributed by atoms with E-state index in [-0.39, 0.29) is 17.8 Å². The van der Waals surface area contributed by atoms with Crippen molar-refractivity contribution < 1.29 is 29.3 Å². The van der Waals surface area contributed by atoms with Gasteiger partial charge in [-0.1, -0.05) is 37.5 Å². The van der Waals surface area contributed by atoms with Gasteiger partial charge in [0.25, 0.3) is 0 Å². The topological polar surface area (TPSA) is 100 Å². The number of hydrogen-bond acceptors (Lipinski definition) is 6. The summed E-state index contributed by atoms with van der Waals surface area (Å²) in [7, 11) is 0. The fourth-order valence-electron chi connectivity index (χ4n) is 5.14. The molecule has 1 saturated carbocycles. The maximum Gasteiger partial charge on any atom is 0.197 e. The number of carbonyl (C=O) groups excluding carboxylic acids is 1. The Morgan fingerprint density at radius 3 is 2.58 bits per heavy atom.